The van der Waals surface area contributed by atoms with Gasteiger partial charge in [0.2, 0.25) is 5.91 Å². The summed E-state index contributed by atoms with van der Waals surface area (Å²) in [4.78, 5) is 13.2. The van der Waals surface area contributed by atoms with Gasteiger partial charge in [-0.05, 0) is 12.3 Å². The lowest BCUT2D eigenvalue weighted by molar-refractivity contribution is -0.134. The molecule has 2 heteroatoms. The van der Waals surface area contributed by atoms with E-state index in [9.17, 15) is 4.79 Å². The van der Waals surface area contributed by atoms with Crippen LogP contribution in [0.5, 0.6) is 0 Å². The number of amides is 1. The van der Waals surface area contributed by atoms with Gasteiger partial charge >= 0.3 is 0 Å². The topological polar surface area (TPSA) is 20.3 Å². The minimum Gasteiger partial charge on any atom is -0.345 e. The number of likely N-dealkylation sites (tertiary alicyclic amines) is 1. The first-order valence-corrected chi connectivity index (χ1v) is 5.30. The van der Waals surface area contributed by atoms with Crippen LogP contribution in [-0.4, -0.2) is 24.4 Å². The van der Waals surface area contributed by atoms with E-state index in [1.165, 1.54) is 5.57 Å². The van der Waals surface area contributed by atoms with E-state index >= 15 is 0 Å². The molecule has 1 aliphatic heterocycles. The van der Waals surface area contributed by atoms with E-state index in [0.29, 0.717) is 12.3 Å². The summed E-state index contributed by atoms with van der Waals surface area (Å²) in [5.41, 5.74) is 1.40. The average molecular weight is 195 g/mol. The summed E-state index contributed by atoms with van der Waals surface area (Å²) >= 11 is 0. The summed E-state index contributed by atoms with van der Waals surface area (Å²) in [6.07, 6.45) is 1.62. The van der Waals surface area contributed by atoms with E-state index in [1.54, 1.807) is 0 Å². The quantitative estimate of drug-likeness (QED) is 0.620. The Bertz CT molecular complexity index is 257. The van der Waals surface area contributed by atoms with Crippen LogP contribution in [0.4, 0.5) is 0 Å². The van der Waals surface area contributed by atoms with Crippen molar-refractivity contribution in [1.29, 1.82) is 0 Å². The summed E-state index contributed by atoms with van der Waals surface area (Å²) in [6, 6.07) is 0. The Kier molecular flexibility index (Phi) is 3.03. The molecule has 0 aliphatic carbocycles. The van der Waals surface area contributed by atoms with E-state index in [2.05, 4.69) is 27.4 Å². The number of nitrogens with zero attached hydrogens (tertiary/aromatic N) is 1. The van der Waals surface area contributed by atoms with E-state index in [1.807, 2.05) is 11.9 Å². The maximum absolute atomic E-state index is 11.4. The lowest BCUT2D eigenvalue weighted by atomic mass is 9.72. The van der Waals surface area contributed by atoms with Gasteiger partial charge in [-0.2, -0.15) is 0 Å². The summed E-state index contributed by atoms with van der Waals surface area (Å²) in [5, 5.41) is 0. The van der Waals surface area contributed by atoms with Gasteiger partial charge in [0.15, 0.2) is 0 Å². The molecule has 0 spiro atoms. The van der Waals surface area contributed by atoms with Crippen LogP contribution in [0, 0.1) is 11.3 Å². The van der Waals surface area contributed by atoms with Crippen molar-refractivity contribution >= 4 is 5.91 Å². The second-order valence-electron chi connectivity index (χ2n) is 4.99. The minimum absolute atomic E-state index is 0.122. The van der Waals surface area contributed by atoms with Crippen molar-refractivity contribution < 1.29 is 4.79 Å². The van der Waals surface area contributed by atoms with Gasteiger partial charge < -0.3 is 4.90 Å². The molecule has 1 fully saturated rings. The SMILES string of the molecule is C=C(C(C)C)C1(C)CCC(=O)N(C)C1. The van der Waals surface area contributed by atoms with Crippen molar-refractivity contribution in [3.05, 3.63) is 12.2 Å². The smallest absolute Gasteiger partial charge is 0.222 e. The monoisotopic (exact) mass is 195 g/mol. The van der Waals surface area contributed by atoms with Crippen molar-refractivity contribution in [2.45, 2.75) is 33.6 Å². The number of rotatable bonds is 2. The fourth-order valence-electron chi connectivity index (χ4n) is 2.22. The highest BCUT2D eigenvalue weighted by atomic mass is 16.2. The molecule has 0 N–H and O–H groups in total. The van der Waals surface area contributed by atoms with E-state index in [4.69, 9.17) is 0 Å². The third-order valence-electron chi connectivity index (χ3n) is 3.37. The maximum Gasteiger partial charge on any atom is 0.222 e. The standard InChI is InChI=1S/C12H21NO/c1-9(2)10(3)12(4)7-6-11(14)13(5)8-12/h9H,3,6-8H2,1-2,4-5H3. The lowest BCUT2D eigenvalue weighted by Gasteiger charge is -2.41. The number of hydrogen-bond acceptors (Lipinski definition) is 1. The van der Waals surface area contributed by atoms with Crippen LogP contribution in [0.2, 0.25) is 0 Å². The molecule has 1 atom stereocenters. The number of carbonyl (C=O) groups is 1. The third-order valence-corrected chi connectivity index (χ3v) is 3.37. The molecule has 80 valence electrons. The molecule has 1 saturated heterocycles. The first-order chi connectivity index (χ1) is 6.37. The molecule has 2 nitrogen and oxygen atoms in total. The predicted octanol–water partition coefficient (Wildman–Crippen LogP) is 2.46. The van der Waals surface area contributed by atoms with Crippen LogP contribution >= 0.6 is 0 Å². The van der Waals surface area contributed by atoms with Crippen LogP contribution in [0.3, 0.4) is 0 Å². The fraction of sp³-hybridized carbons (Fsp3) is 0.750. The van der Waals surface area contributed by atoms with E-state index in [0.717, 1.165) is 13.0 Å². The molecule has 0 radical (unpaired) electrons. The minimum atomic E-state index is 0.122. The Balaban J connectivity index is 2.77. The highest BCUT2D eigenvalue weighted by Gasteiger charge is 2.36. The molecule has 0 aromatic heterocycles. The zero-order chi connectivity index (χ0) is 10.9. The Morgan fingerprint density at radius 2 is 2.14 bits per heavy atom. The summed E-state index contributed by atoms with van der Waals surface area (Å²) < 4.78 is 0. The normalized spacial score (nSPS) is 28.4. The van der Waals surface area contributed by atoms with Gasteiger partial charge in [-0.1, -0.05) is 32.9 Å². The Morgan fingerprint density at radius 1 is 1.57 bits per heavy atom. The average Bonchev–Trinajstić information content (AvgIpc) is 2.11. The molecular formula is C12H21NO. The van der Waals surface area contributed by atoms with Gasteiger partial charge in [0.1, 0.15) is 0 Å². The van der Waals surface area contributed by atoms with Crippen molar-refractivity contribution in [2.75, 3.05) is 13.6 Å². The summed E-state index contributed by atoms with van der Waals surface area (Å²) in [7, 11) is 1.88. The van der Waals surface area contributed by atoms with Crippen molar-refractivity contribution in [3.63, 3.8) is 0 Å². The Morgan fingerprint density at radius 3 is 2.57 bits per heavy atom. The van der Waals surface area contributed by atoms with Crippen LogP contribution < -0.4 is 0 Å². The van der Waals surface area contributed by atoms with Crippen LogP contribution in [0.1, 0.15) is 33.6 Å². The van der Waals surface area contributed by atoms with E-state index < -0.39 is 0 Å². The van der Waals surface area contributed by atoms with Gasteiger partial charge in [-0.15, -0.1) is 0 Å². The number of carbonyl (C=O) groups excluding carboxylic acids is 1. The Hall–Kier alpha value is -0.790. The zero-order valence-corrected chi connectivity index (χ0v) is 9.76. The third kappa shape index (κ3) is 1.99. The molecular weight excluding hydrogens is 174 g/mol. The highest BCUT2D eigenvalue weighted by Crippen LogP contribution is 2.38. The highest BCUT2D eigenvalue weighted by molar-refractivity contribution is 5.77. The fourth-order valence-corrected chi connectivity index (χ4v) is 2.22. The molecule has 0 bridgehead atoms. The number of hydrogen-bond donors (Lipinski definition) is 0. The van der Waals surface area contributed by atoms with Gasteiger partial charge in [0.05, 0.1) is 0 Å². The molecule has 1 unspecified atom stereocenters. The van der Waals surface area contributed by atoms with Crippen molar-refractivity contribution in [3.8, 4) is 0 Å². The maximum atomic E-state index is 11.4. The Labute approximate surface area is 87.0 Å². The second-order valence-corrected chi connectivity index (χ2v) is 4.99. The summed E-state index contributed by atoms with van der Waals surface area (Å²) in [5.74, 6) is 0.764. The van der Waals surface area contributed by atoms with Crippen molar-refractivity contribution in [1.82, 2.24) is 4.90 Å². The van der Waals surface area contributed by atoms with Crippen molar-refractivity contribution in [2.24, 2.45) is 11.3 Å². The van der Waals surface area contributed by atoms with Crippen LogP contribution in [0.25, 0.3) is 0 Å². The van der Waals surface area contributed by atoms with Gasteiger partial charge in [-0.25, -0.2) is 0 Å². The zero-order valence-electron chi connectivity index (χ0n) is 9.76. The van der Waals surface area contributed by atoms with Crippen LogP contribution in [-0.2, 0) is 4.79 Å². The molecule has 0 saturated carbocycles. The largest absolute Gasteiger partial charge is 0.345 e. The molecule has 1 amide bonds. The van der Waals surface area contributed by atoms with Crippen LogP contribution in [0.15, 0.2) is 12.2 Å². The van der Waals surface area contributed by atoms with Gasteiger partial charge in [0.25, 0.3) is 0 Å². The molecule has 14 heavy (non-hydrogen) atoms. The first kappa shape index (κ1) is 11.3. The van der Waals surface area contributed by atoms with E-state index in [-0.39, 0.29) is 11.3 Å². The molecule has 1 rings (SSSR count). The molecule has 0 aromatic rings. The molecule has 1 aliphatic rings. The summed E-state index contributed by atoms with van der Waals surface area (Å²) in [6.45, 7) is 11.6. The second kappa shape index (κ2) is 3.76. The first-order valence-electron chi connectivity index (χ1n) is 5.30. The van der Waals surface area contributed by atoms with Gasteiger partial charge in [0, 0.05) is 25.4 Å². The van der Waals surface area contributed by atoms with Gasteiger partial charge in [-0.3, -0.25) is 4.79 Å². The number of piperidine rings is 1. The lowest BCUT2D eigenvalue weighted by Crippen LogP contribution is -2.44. The predicted molar refractivity (Wildman–Crippen MR) is 59.0 cm³/mol. The molecule has 0 aromatic carbocycles. The molecule has 1 heterocycles.